The first-order valence-corrected chi connectivity index (χ1v) is 13.1. The van der Waals surface area contributed by atoms with Gasteiger partial charge in [-0.25, -0.2) is 14.1 Å². The maximum atomic E-state index is 13.8. The molecule has 2 N–H and O–H groups in total. The number of carbonyl (C=O) groups is 3. The Morgan fingerprint density at radius 3 is 2.54 bits per heavy atom. The number of rotatable bonds is 9. The van der Waals surface area contributed by atoms with E-state index in [9.17, 15) is 18.8 Å². The highest BCUT2D eigenvalue weighted by Crippen LogP contribution is 2.36. The first kappa shape index (κ1) is 28.4. The highest BCUT2D eigenvalue weighted by atomic mass is 79.9. The summed E-state index contributed by atoms with van der Waals surface area (Å²) in [6, 6.07) is 13.3. The van der Waals surface area contributed by atoms with E-state index in [1.165, 1.54) is 24.3 Å². The van der Waals surface area contributed by atoms with Gasteiger partial charge in [0.25, 0.3) is 5.91 Å². The van der Waals surface area contributed by atoms with Crippen LogP contribution in [-0.4, -0.2) is 35.9 Å². The first-order valence-electron chi connectivity index (χ1n) is 11.6. The van der Waals surface area contributed by atoms with Crippen molar-refractivity contribution in [2.24, 2.45) is 0 Å². The van der Waals surface area contributed by atoms with Crippen molar-refractivity contribution in [2.75, 3.05) is 18.5 Å². The van der Waals surface area contributed by atoms with Crippen LogP contribution in [0.1, 0.15) is 18.1 Å². The third-order valence-electron chi connectivity index (χ3n) is 5.45. The molecule has 12 heteroatoms. The molecule has 1 saturated heterocycles. The molecule has 1 aliphatic heterocycles. The first-order chi connectivity index (χ1) is 18.7. The average molecular weight is 637 g/mol. The molecule has 1 heterocycles. The van der Waals surface area contributed by atoms with Gasteiger partial charge in [-0.1, -0.05) is 57.3 Å². The van der Waals surface area contributed by atoms with Gasteiger partial charge in [0.1, 0.15) is 24.7 Å². The second-order valence-corrected chi connectivity index (χ2v) is 9.87. The molecule has 3 aromatic carbocycles. The zero-order chi connectivity index (χ0) is 28.1. The van der Waals surface area contributed by atoms with Crippen LogP contribution in [0.15, 0.2) is 64.8 Å². The van der Waals surface area contributed by atoms with E-state index >= 15 is 0 Å². The van der Waals surface area contributed by atoms with Crippen molar-refractivity contribution in [3.8, 4) is 11.5 Å². The number of ether oxygens (including phenoxy) is 2. The number of hydrogen-bond acceptors (Lipinski definition) is 5. The predicted molar refractivity (Wildman–Crippen MR) is 149 cm³/mol. The fraction of sp³-hybridized carbons (Fsp3) is 0.148. The molecular weight excluding hydrogens is 616 g/mol. The van der Waals surface area contributed by atoms with Crippen LogP contribution in [0.25, 0.3) is 6.08 Å². The number of nitrogens with one attached hydrogen (secondary N) is 2. The molecule has 0 aromatic heterocycles. The van der Waals surface area contributed by atoms with E-state index in [1.54, 1.807) is 36.4 Å². The zero-order valence-electron chi connectivity index (χ0n) is 20.4. The van der Waals surface area contributed by atoms with Gasteiger partial charge in [-0.3, -0.25) is 9.59 Å². The smallest absolute Gasteiger partial charge is 0.329 e. The molecule has 1 aliphatic rings. The normalized spacial score (nSPS) is 14.0. The van der Waals surface area contributed by atoms with Gasteiger partial charge in [-0.05, 0) is 60.5 Å². The molecule has 3 aromatic rings. The Kier molecular flexibility index (Phi) is 9.11. The quantitative estimate of drug-likeness (QED) is 0.209. The summed E-state index contributed by atoms with van der Waals surface area (Å²) < 4.78 is 26.0. The molecule has 0 bridgehead atoms. The number of nitrogens with zero attached hydrogens (tertiary/aromatic N) is 1. The van der Waals surface area contributed by atoms with Crippen LogP contribution in [0.2, 0.25) is 10.0 Å². The lowest BCUT2D eigenvalue weighted by atomic mass is 10.1. The summed E-state index contributed by atoms with van der Waals surface area (Å²) in [6.07, 6.45) is 1.45. The zero-order valence-corrected chi connectivity index (χ0v) is 23.5. The molecule has 39 heavy (non-hydrogen) atoms. The van der Waals surface area contributed by atoms with E-state index in [-0.39, 0.29) is 18.0 Å². The molecule has 0 spiro atoms. The van der Waals surface area contributed by atoms with E-state index in [1.807, 2.05) is 6.92 Å². The molecule has 0 unspecified atom stereocenters. The minimum Gasteiger partial charge on any atom is -0.490 e. The summed E-state index contributed by atoms with van der Waals surface area (Å²) in [6.45, 7) is 1.76. The van der Waals surface area contributed by atoms with Gasteiger partial charge in [0.05, 0.1) is 22.3 Å². The Labute approximate surface area is 241 Å². The summed E-state index contributed by atoms with van der Waals surface area (Å²) in [5.41, 5.74) is 1.21. The Morgan fingerprint density at radius 1 is 1.08 bits per heavy atom. The van der Waals surface area contributed by atoms with Gasteiger partial charge in [0, 0.05) is 4.47 Å². The van der Waals surface area contributed by atoms with Crippen molar-refractivity contribution < 1.29 is 28.2 Å². The van der Waals surface area contributed by atoms with Crippen molar-refractivity contribution >= 4 is 68.7 Å². The molecule has 8 nitrogen and oxygen atoms in total. The topological polar surface area (TPSA) is 97.0 Å². The average Bonchev–Trinajstić information content (AvgIpc) is 3.15. The Balaban J connectivity index is 1.50. The molecule has 0 aliphatic carbocycles. The number of anilines is 1. The lowest BCUT2D eigenvalue weighted by molar-refractivity contribution is -0.127. The minimum absolute atomic E-state index is 0.0497. The standard InChI is InChI=1S/C27H21BrCl2FN3O5/c1-2-38-23-11-16(17(28)12-24(23)39-14-15-7-8-18(29)19(30)9-15)10-22-26(36)34(27(37)33-22)13-25(35)32-21-6-4-3-5-20(21)31/h3-12H,2,13-14H2,1H3,(H,32,35)(H,33,37)/b22-10+. The van der Waals surface area contributed by atoms with Gasteiger partial charge in [0.2, 0.25) is 5.91 Å². The minimum atomic E-state index is -0.780. The largest absolute Gasteiger partial charge is 0.490 e. The molecule has 0 atom stereocenters. The van der Waals surface area contributed by atoms with Crippen molar-refractivity contribution in [3.05, 3.63) is 91.8 Å². The third kappa shape index (κ3) is 6.89. The van der Waals surface area contributed by atoms with Gasteiger partial charge in [-0.15, -0.1) is 0 Å². The molecular formula is C27H21BrCl2FN3O5. The molecule has 0 radical (unpaired) electrons. The summed E-state index contributed by atoms with van der Waals surface area (Å²) in [5, 5.41) is 5.66. The lowest BCUT2D eigenvalue weighted by Gasteiger charge is -2.14. The van der Waals surface area contributed by atoms with Crippen molar-refractivity contribution in [2.45, 2.75) is 13.5 Å². The summed E-state index contributed by atoms with van der Waals surface area (Å²) >= 11 is 15.5. The van der Waals surface area contributed by atoms with E-state index in [0.717, 1.165) is 10.5 Å². The highest BCUT2D eigenvalue weighted by Gasteiger charge is 2.35. The fourth-order valence-electron chi connectivity index (χ4n) is 3.60. The van der Waals surface area contributed by atoms with Gasteiger partial charge in [0.15, 0.2) is 11.5 Å². The number of halogens is 4. The molecule has 202 valence electrons. The number of urea groups is 1. The van der Waals surface area contributed by atoms with Crippen LogP contribution in [0.5, 0.6) is 11.5 Å². The summed E-state index contributed by atoms with van der Waals surface area (Å²) in [5.74, 6) is -1.24. The predicted octanol–water partition coefficient (Wildman–Crippen LogP) is 6.40. The second-order valence-electron chi connectivity index (χ2n) is 8.20. The van der Waals surface area contributed by atoms with Crippen molar-refractivity contribution in [3.63, 3.8) is 0 Å². The molecule has 4 rings (SSSR count). The van der Waals surface area contributed by atoms with Crippen LogP contribution in [0, 0.1) is 5.82 Å². The van der Waals surface area contributed by atoms with E-state index < -0.39 is 30.2 Å². The van der Waals surface area contributed by atoms with Crippen LogP contribution in [-0.2, 0) is 16.2 Å². The molecule has 4 amide bonds. The van der Waals surface area contributed by atoms with Gasteiger partial charge >= 0.3 is 6.03 Å². The number of hydrogen-bond donors (Lipinski definition) is 2. The second kappa shape index (κ2) is 12.5. The Bertz CT molecular complexity index is 1480. The maximum Gasteiger partial charge on any atom is 0.329 e. The van der Waals surface area contributed by atoms with Crippen LogP contribution < -0.4 is 20.1 Å². The van der Waals surface area contributed by atoms with Crippen LogP contribution in [0.4, 0.5) is 14.9 Å². The van der Waals surface area contributed by atoms with Crippen LogP contribution in [0.3, 0.4) is 0 Å². The molecule has 1 fully saturated rings. The summed E-state index contributed by atoms with van der Waals surface area (Å²) in [4.78, 5) is 38.4. The fourth-order valence-corrected chi connectivity index (χ4v) is 4.36. The van der Waals surface area contributed by atoms with Crippen molar-refractivity contribution in [1.29, 1.82) is 0 Å². The Hall–Kier alpha value is -3.60. The monoisotopic (exact) mass is 635 g/mol. The highest BCUT2D eigenvalue weighted by molar-refractivity contribution is 9.10. The van der Waals surface area contributed by atoms with Crippen molar-refractivity contribution in [1.82, 2.24) is 10.2 Å². The van der Waals surface area contributed by atoms with E-state index in [4.69, 9.17) is 32.7 Å². The van der Waals surface area contributed by atoms with Crippen LogP contribution >= 0.6 is 39.1 Å². The Morgan fingerprint density at radius 2 is 1.82 bits per heavy atom. The summed E-state index contributed by atoms with van der Waals surface area (Å²) in [7, 11) is 0. The SMILES string of the molecule is CCOc1cc(/C=C2/NC(=O)N(CC(=O)Nc3ccccc3F)C2=O)c(Br)cc1OCc1ccc(Cl)c(Cl)c1. The number of amides is 4. The number of carbonyl (C=O) groups excluding carboxylic acids is 3. The van der Waals surface area contributed by atoms with Gasteiger partial charge in [-0.2, -0.15) is 0 Å². The number of imide groups is 1. The maximum absolute atomic E-state index is 13.8. The third-order valence-corrected chi connectivity index (χ3v) is 6.88. The number of para-hydroxylation sites is 1. The number of benzene rings is 3. The molecule has 0 saturated carbocycles. The van der Waals surface area contributed by atoms with Gasteiger partial charge < -0.3 is 20.1 Å². The van der Waals surface area contributed by atoms with E-state index in [2.05, 4.69) is 26.6 Å². The lowest BCUT2D eigenvalue weighted by Crippen LogP contribution is -2.38. The van der Waals surface area contributed by atoms with E-state index in [0.29, 0.717) is 38.2 Å².